The maximum atomic E-state index is 11.1. The third-order valence-electron chi connectivity index (χ3n) is 4.89. The molecule has 3 aromatic rings. The Morgan fingerprint density at radius 3 is 2.68 bits per heavy atom. The van der Waals surface area contributed by atoms with Crippen molar-refractivity contribution in [3.8, 4) is 11.1 Å². The van der Waals surface area contributed by atoms with Gasteiger partial charge in [-0.3, -0.25) is 9.48 Å². The van der Waals surface area contributed by atoms with E-state index in [-0.39, 0.29) is 12.5 Å². The summed E-state index contributed by atoms with van der Waals surface area (Å²) in [7, 11) is 1.92. The van der Waals surface area contributed by atoms with Gasteiger partial charge in [-0.05, 0) is 36.5 Å². The molecular formula is C23H27N3O2. The molecule has 28 heavy (non-hydrogen) atoms. The SMILES string of the molecule is Cc1ccc(CNC(CCC(=O)O)Cc2ccccc2)c(-c2cnn(C)c2)c1. The molecular weight excluding hydrogens is 350 g/mol. The Bertz CT molecular complexity index is 919. The predicted octanol–water partition coefficient (Wildman–Crippen LogP) is 3.96. The molecule has 0 aliphatic rings. The van der Waals surface area contributed by atoms with Gasteiger partial charge >= 0.3 is 5.97 Å². The Kier molecular flexibility index (Phi) is 6.61. The lowest BCUT2D eigenvalue weighted by Crippen LogP contribution is -2.31. The van der Waals surface area contributed by atoms with Crippen LogP contribution in [-0.4, -0.2) is 26.9 Å². The standard InChI is InChI=1S/C23H27N3O2/c1-17-8-9-19(22(12-17)20-15-25-26(2)16-20)14-24-21(10-11-23(27)28)13-18-6-4-3-5-7-18/h3-9,12,15-16,21,24H,10-11,13-14H2,1-2H3,(H,27,28). The van der Waals surface area contributed by atoms with Gasteiger partial charge in [-0.15, -0.1) is 0 Å². The van der Waals surface area contributed by atoms with Gasteiger partial charge in [0.1, 0.15) is 0 Å². The molecule has 1 heterocycles. The maximum Gasteiger partial charge on any atom is 0.303 e. The van der Waals surface area contributed by atoms with Crippen molar-refractivity contribution >= 4 is 5.97 Å². The van der Waals surface area contributed by atoms with Gasteiger partial charge in [0.05, 0.1) is 6.20 Å². The van der Waals surface area contributed by atoms with Crippen LogP contribution < -0.4 is 5.32 Å². The van der Waals surface area contributed by atoms with Gasteiger partial charge in [-0.25, -0.2) is 0 Å². The van der Waals surface area contributed by atoms with Crippen LogP contribution in [0.2, 0.25) is 0 Å². The van der Waals surface area contributed by atoms with E-state index in [2.05, 4.69) is 47.7 Å². The monoisotopic (exact) mass is 377 g/mol. The van der Waals surface area contributed by atoms with Gasteiger partial charge in [0.2, 0.25) is 0 Å². The van der Waals surface area contributed by atoms with Crippen molar-refractivity contribution < 1.29 is 9.90 Å². The Morgan fingerprint density at radius 1 is 1.21 bits per heavy atom. The number of carboxylic acids is 1. The summed E-state index contributed by atoms with van der Waals surface area (Å²) in [6.07, 6.45) is 5.46. The quantitative estimate of drug-likeness (QED) is 0.592. The van der Waals surface area contributed by atoms with Gasteiger partial charge in [-0.1, -0.05) is 54.1 Å². The molecule has 3 rings (SSSR count). The van der Waals surface area contributed by atoms with Crippen molar-refractivity contribution in [2.24, 2.45) is 7.05 Å². The Labute approximate surface area is 166 Å². The van der Waals surface area contributed by atoms with Gasteiger partial charge in [0.25, 0.3) is 0 Å². The molecule has 1 aromatic heterocycles. The molecule has 5 nitrogen and oxygen atoms in total. The van der Waals surface area contributed by atoms with E-state index in [9.17, 15) is 4.79 Å². The van der Waals surface area contributed by atoms with E-state index in [4.69, 9.17) is 5.11 Å². The number of nitrogens with one attached hydrogen (secondary N) is 1. The van der Waals surface area contributed by atoms with Crippen LogP contribution in [0.4, 0.5) is 0 Å². The molecule has 5 heteroatoms. The Balaban J connectivity index is 1.76. The summed E-state index contributed by atoms with van der Waals surface area (Å²) in [4.78, 5) is 11.1. The number of nitrogens with zero attached hydrogens (tertiary/aromatic N) is 2. The normalized spacial score (nSPS) is 12.1. The fourth-order valence-electron chi connectivity index (χ4n) is 3.40. The molecule has 1 unspecified atom stereocenters. The van der Waals surface area contributed by atoms with Crippen LogP contribution in [0.3, 0.4) is 0 Å². The molecule has 0 spiro atoms. The minimum Gasteiger partial charge on any atom is -0.481 e. The van der Waals surface area contributed by atoms with Crippen molar-refractivity contribution in [1.29, 1.82) is 0 Å². The summed E-state index contributed by atoms with van der Waals surface area (Å²) in [6.45, 7) is 2.77. The van der Waals surface area contributed by atoms with Crippen LogP contribution in [0, 0.1) is 6.92 Å². The lowest BCUT2D eigenvalue weighted by atomic mass is 9.98. The second-order valence-electron chi connectivity index (χ2n) is 7.26. The van der Waals surface area contributed by atoms with Crippen molar-refractivity contribution in [1.82, 2.24) is 15.1 Å². The molecule has 146 valence electrons. The van der Waals surface area contributed by atoms with Crippen LogP contribution in [0.25, 0.3) is 11.1 Å². The van der Waals surface area contributed by atoms with Crippen LogP contribution in [0.1, 0.15) is 29.5 Å². The Hall–Kier alpha value is -2.92. The second kappa shape index (κ2) is 9.33. The molecule has 2 N–H and O–H groups in total. The lowest BCUT2D eigenvalue weighted by Gasteiger charge is -2.20. The molecule has 0 bridgehead atoms. The summed E-state index contributed by atoms with van der Waals surface area (Å²) in [5.41, 5.74) is 5.86. The first kappa shape index (κ1) is 19.8. The van der Waals surface area contributed by atoms with E-state index >= 15 is 0 Å². The highest BCUT2D eigenvalue weighted by atomic mass is 16.4. The highest BCUT2D eigenvalue weighted by molar-refractivity contribution is 5.67. The zero-order valence-electron chi connectivity index (χ0n) is 16.4. The third-order valence-corrected chi connectivity index (χ3v) is 4.89. The van der Waals surface area contributed by atoms with Crippen molar-refractivity contribution in [3.05, 3.63) is 77.6 Å². The predicted molar refractivity (Wildman–Crippen MR) is 111 cm³/mol. The third kappa shape index (κ3) is 5.54. The number of aromatic nitrogens is 2. The van der Waals surface area contributed by atoms with Crippen LogP contribution in [0.5, 0.6) is 0 Å². The second-order valence-corrected chi connectivity index (χ2v) is 7.26. The van der Waals surface area contributed by atoms with E-state index in [1.807, 2.05) is 37.6 Å². The fourth-order valence-corrected chi connectivity index (χ4v) is 3.40. The number of carbonyl (C=O) groups is 1. The first-order valence-corrected chi connectivity index (χ1v) is 9.59. The molecule has 0 aliphatic carbocycles. The van der Waals surface area contributed by atoms with Crippen LogP contribution in [0.15, 0.2) is 60.9 Å². The summed E-state index contributed by atoms with van der Waals surface area (Å²) < 4.78 is 1.81. The topological polar surface area (TPSA) is 67.2 Å². The van der Waals surface area contributed by atoms with Gasteiger partial charge in [0, 0.05) is 37.8 Å². The van der Waals surface area contributed by atoms with Gasteiger partial charge in [0.15, 0.2) is 0 Å². The molecule has 0 fully saturated rings. The van der Waals surface area contributed by atoms with Crippen molar-refractivity contribution in [2.45, 2.75) is 38.8 Å². The van der Waals surface area contributed by atoms with E-state index in [0.717, 1.165) is 17.5 Å². The van der Waals surface area contributed by atoms with Gasteiger partial charge < -0.3 is 10.4 Å². The lowest BCUT2D eigenvalue weighted by molar-refractivity contribution is -0.137. The van der Waals surface area contributed by atoms with E-state index in [1.54, 1.807) is 4.68 Å². The number of carboxylic acid groups (broad SMARTS) is 1. The first-order chi connectivity index (χ1) is 13.5. The molecule has 0 radical (unpaired) electrons. The van der Waals surface area contributed by atoms with E-state index < -0.39 is 5.97 Å². The van der Waals surface area contributed by atoms with Crippen molar-refractivity contribution in [3.63, 3.8) is 0 Å². The first-order valence-electron chi connectivity index (χ1n) is 9.59. The van der Waals surface area contributed by atoms with Crippen molar-refractivity contribution in [2.75, 3.05) is 0 Å². The number of hydrogen-bond acceptors (Lipinski definition) is 3. The minimum atomic E-state index is -0.758. The minimum absolute atomic E-state index is 0.0987. The van der Waals surface area contributed by atoms with Crippen LogP contribution >= 0.6 is 0 Å². The largest absolute Gasteiger partial charge is 0.481 e. The summed E-state index contributed by atoms with van der Waals surface area (Å²) in [5.74, 6) is -0.758. The number of aryl methyl sites for hydroxylation is 2. The Morgan fingerprint density at radius 2 is 2.00 bits per heavy atom. The van der Waals surface area contributed by atoms with Gasteiger partial charge in [-0.2, -0.15) is 5.10 Å². The zero-order valence-corrected chi connectivity index (χ0v) is 16.4. The highest BCUT2D eigenvalue weighted by Gasteiger charge is 2.14. The summed E-state index contributed by atoms with van der Waals surface area (Å²) >= 11 is 0. The summed E-state index contributed by atoms with van der Waals surface area (Å²) in [5, 5.41) is 17.0. The average molecular weight is 377 g/mol. The molecule has 0 amide bonds. The molecule has 2 aromatic carbocycles. The van der Waals surface area contributed by atoms with E-state index in [1.165, 1.54) is 16.7 Å². The summed E-state index contributed by atoms with van der Waals surface area (Å²) in [6, 6.07) is 16.7. The number of benzene rings is 2. The maximum absolute atomic E-state index is 11.1. The van der Waals surface area contributed by atoms with Crippen LogP contribution in [-0.2, 0) is 24.8 Å². The molecule has 0 aliphatic heterocycles. The molecule has 0 saturated heterocycles. The number of rotatable bonds is 9. The zero-order chi connectivity index (χ0) is 19.9. The molecule has 0 saturated carbocycles. The smallest absolute Gasteiger partial charge is 0.303 e. The number of hydrogen-bond donors (Lipinski definition) is 2. The number of aliphatic carboxylic acids is 1. The average Bonchev–Trinajstić information content (AvgIpc) is 3.11. The highest BCUT2D eigenvalue weighted by Crippen LogP contribution is 2.25. The molecule has 1 atom stereocenters. The van der Waals surface area contributed by atoms with E-state index in [0.29, 0.717) is 13.0 Å². The fraction of sp³-hybridized carbons (Fsp3) is 0.304.